The number of aliphatic hydroxyl groups is 1. The molecule has 0 unspecified atom stereocenters. The summed E-state index contributed by atoms with van der Waals surface area (Å²) in [6.07, 6.45) is 12.3. The molecular weight excluding hydrogens is 888 g/mol. The molecule has 2 aliphatic heterocycles. The van der Waals surface area contributed by atoms with E-state index in [1.54, 1.807) is 25.1 Å². The van der Waals surface area contributed by atoms with E-state index >= 15 is 0 Å². The minimum atomic E-state index is -4.69. The van der Waals surface area contributed by atoms with Crippen LogP contribution in [0, 0.1) is 27.3 Å². The highest BCUT2D eigenvalue weighted by Gasteiger charge is 2.49. The molecule has 10 rings (SSSR count). The molecule has 2 aromatic carbocycles. The van der Waals surface area contributed by atoms with Crippen molar-refractivity contribution in [2.45, 2.75) is 126 Å². The number of H-pyrrole nitrogens is 1. The number of carbonyl (C=O) groups is 1. The summed E-state index contributed by atoms with van der Waals surface area (Å²) < 4.78 is 51.3. The Hall–Kier alpha value is -5.65. The van der Waals surface area contributed by atoms with Crippen molar-refractivity contribution in [3.63, 3.8) is 0 Å². The lowest BCUT2D eigenvalue weighted by molar-refractivity contribution is -0.384. The van der Waals surface area contributed by atoms with Gasteiger partial charge in [-0.05, 0) is 124 Å². The van der Waals surface area contributed by atoms with Crippen molar-refractivity contribution in [3.05, 3.63) is 105 Å². The first kappa shape index (κ1) is 46.1. The fourth-order valence-electron chi connectivity index (χ4n) is 11.4. The van der Waals surface area contributed by atoms with Gasteiger partial charge in [-0.15, -0.1) is 0 Å². The van der Waals surface area contributed by atoms with Crippen LogP contribution in [-0.2, 0) is 10.0 Å². The number of ether oxygens (including phenoxy) is 1. The zero-order valence-corrected chi connectivity index (χ0v) is 39.8. The Balaban J connectivity index is 0.874. The monoisotopic (exact) mass is 948 g/mol. The number of anilines is 2. The lowest BCUT2D eigenvalue weighted by Crippen LogP contribution is -2.63. The number of amides is 1. The first-order chi connectivity index (χ1) is 32.6. The van der Waals surface area contributed by atoms with Gasteiger partial charge in [-0.3, -0.25) is 19.8 Å². The Morgan fingerprint density at radius 3 is 2.49 bits per heavy atom. The van der Waals surface area contributed by atoms with Crippen LogP contribution in [0.25, 0.3) is 11.0 Å². The molecule has 4 N–H and O–H groups in total. The van der Waals surface area contributed by atoms with Gasteiger partial charge < -0.3 is 25.0 Å². The Bertz CT molecular complexity index is 2840. The topological polar surface area (TPSA) is 196 Å². The number of rotatable bonds is 14. The number of benzene rings is 2. The van der Waals surface area contributed by atoms with Gasteiger partial charge in [-0.25, -0.2) is 27.5 Å². The molecule has 5 fully saturated rings. The zero-order valence-electron chi connectivity index (χ0n) is 39.0. The van der Waals surface area contributed by atoms with Crippen LogP contribution in [0.5, 0.6) is 11.5 Å². The van der Waals surface area contributed by atoms with E-state index in [1.165, 1.54) is 42.7 Å². The standard InChI is InChI=1S/C51H61FN8O7S/c1-31(2)36-7-4-5-8-37(36)38-9-6-10-42(38)59-29-51(30-59)19-21-58(22-20-51)34-13-14-39(44(23-34)67-45-25-40-41(52)28-55-47(40)56-46(45)33-11-12-33)49(61)57-68(65,66)35-24-43(60(63)64)48(54-27-35)53-26-32-15-17-50(3,62)18-16-32/h4-5,7-8,13-14,23-25,27-28,31-33,38,42,62H,6,9-12,15-22,26,29-30H2,1-3H3,(H,53,54)(H,55,56)(H,57,61)/t32-,38-,42-,50-/m1/s1. The van der Waals surface area contributed by atoms with Crippen LogP contribution < -0.4 is 19.7 Å². The Morgan fingerprint density at radius 1 is 1.01 bits per heavy atom. The molecule has 0 bridgehead atoms. The normalized spacial score (nSPS) is 24.0. The third kappa shape index (κ3) is 9.28. The van der Waals surface area contributed by atoms with Gasteiger partial charge in [-0.2, -0.15) is 0 Å². The second-order valence-electron chi connectivity index (χ2n) is 20.8. The first-order valence-electron chi connectivity index (χ1n) is 24.3. The number of fused-ring (bicyclic) bond motifs is 1. The molecule has 15 nitrogen and oxygen atoms in total. The van der Waals surface area contributed by atoms with E-state index in [4.69, 9.17) is 9.72 Å². The molecule has 2 atom stereocenters. The highest BCUT2D eigenvalue weighted by atomic mass is 32.2. The number of nitro groups is 1. The highest BCUT2D eigenvalue weighted by Crippen LogP contribution is 2.50. The van der Waals surface area contributed by atoms with E-state index in [2.05, 4.69) is 67.9 Å². The Labute approximate surface area is 396 Å². The molecule has 68 heavy (non-hydrogen) atoms. The summed E-state index contributed by atoms with van der Waals surface area (Å²) in [5.41, 5.74) is 3.59. The summed E-state index contributed by atoms with van der Waals surface area (Å²) in [5, 5.41) is 25.7. The predicted octanol–water partition coefficient (Wildman–Crippen LogP) is 9.51. The number of carbonyl (C=O) groups excluding carboxylic acids is 1. The number of hydrogen-bond acceptors (Lipinski definition) is 12. The smallest absolute Gasteiger partial charge is 0.312 e. The van der Waals surface area contributed by atoms with Gasteiger partial charge in [-0.1, -0.05) is 44.5 Å². The molecule has 17 heteroatoms. The average molecular weight is 949 g/mol. The molecule has 5 heterocycles. The number of likely N-dealkylation sites (tertiary alicyclic amines) is 1. The van der Waals surface area contributed by atoms with E-state index in [-0.39, 0.29) is 45.5 Å². The Kier molecular flexibility index (Phi) is 12.2. The van der Waals surface area contributed by atoms with Crippen molar-refractivity contribution in [3.8, 4) is 11.5 Å². The third-order valence-electron chi connectivity index (χ3n) is 15.6. The number of pyridine rings is 2. The summed E-state index contributed by atoms with van der Waals surface area (Å²) in [4.78, 5) is 41.8. The molecular formula is C51H61FN8O7S. The molecule has 1 amide bonds. The summed E-state index contributed by atoms with van der Waals surface area (Å²) in [5.74, 6) is -0.0356. The fourth-order valence-corrected chi connectivity index (χ4v) is 12.3. The fraction of sp³-hybridized carbons (Fsp3) is 0.510. The number of hydrogen-bond donors (Lipinski definition) is 4. The summed E-state index contributed by atoms with van der Waals surface area (Å²) in [6.45, 7) is 10.4. The summed E-state index contributed by atoms with van der Waals surface area (Å²) in [7, 11) is -4.69. The molecule has 0 radical (unpaired) electrons. The maximum atomic E-state index is 15.0. The number of nitrogens with one attached hydrogen (secondary N) is 3. The SMILES string of the molecule is CC(C)c1ccccc1[C@H]1CCC[C@H]1N1CC2(CCN(c3ccc(C(=O)NS(=O)(=O)c4cnc(NC[C@H]5CC[C@](C)(O)CC5)c([N+](=O)[O-])c4)c(Oc4cc5c(F)c[nH]c5nc4C4CC4)c3)CC2)C1. The minimum Gasteiger partial charge on any atom is -0.454 e. The molecule has 2 saturated heterocycles. The van der Waals surface area contributed by atoms with E-state index in [0.29, 0.717) is 48.6 Å². The molecule has 3 aromatic heterocycles. The lowest BCUT2D eigenvalue weighted by Gasteiger charge is -2.57. The van der Waals surface area contributed by atoms with Crippen LogP contribution in [0.4, 0.5) is 21.6 Å². The number of nitrogens with zero attached hydrogens (tertiary/aromatic N) is 5. The third-order valence-corrected chi connectivity index (χ3v) is 16.8. The number of piperidine rings is 1. The van der Waals surface area contributed by atoms with Gasteiger partial charge in [0.1, 0.15) is 27.9 Å². The summed E-state index contributed by atoms with van der Waals surface area (Å²) in [6, 6.07) is 17.0. The minimum absolute atomic E-state index is 0.0612. The van der Waals surface area contributed by atoms with E-state index in [9.17, 15) is 32.8 Å². The van der Waals surface area contributed by atoms with Crippen molar-refractivity contribution >= 4 is 44.2 Å². The van der Waals surface area contributed by atoms with Gasteiger partial charge in [0, 0.05) is 68.7 Å². The maximum Gasteiger partial charge on any atom is 0.312 e. The molecule has 3 saturated carbocycles. The van der Waals surface area contributed by atoms with Crippen molar-refractivity contribution in [1.82, 2.24) is 24.6 Å². The van der Waals surface area contributed by atoms with Gasteiger partial charge in [0.25, 0.3) is 15.9 Å². The van der Waals surface area contributed by atoms with Crippen LogP contribution >= 0.6 is 0 Å². The quantitative estimate of drug-likeness (QED) is 0.0609. The van der Waals surface area contributed by atoms with Gasteiger partial charge in [0.2, 0.25) is 5.82 Å². The van der Waals surface area contributed by atoms with E-state index in [0.717, 1.165) is 82.7 Å². The van der Waals surface area contributed by atoms with Crippen molar-refractivity contribution in [2.24, 2.45) is 11.3 Å². The Morgan fingerprint density at radius 2 is 1.76 bits per heavy atom. The van der Waals surface area contributed by atoms with Gasteiger partial charge in [0.05, 0.1) is 33.4 Å². The van der Waals surface area contributed by atoms with Crippen molar-refractivity contribution < 1.29 is 32.4 Å². The molecule has 1 spiro atoms. The van der Waals surface area contributed by atoms with Gasteiger partial charge >= 0.3 is 5.69 Å². The van der Waals surface area contributed by atoms with Crippen LogP contribution in [0.3, 0.4) is 0 Å². The number of aromatic amines is 1. The van der Waals surface area contributed by atoms with E-state index in [1.807, 2.05) is 0 Å². The number of sulfonamides is 1. The lowest BCUT2D eigenvalue weighted by atomic mass is 9.70. The highest BCUT2D eigenvalue weighted by molar-refractivity contribution is 7.90. The van der Waals surface area contributed by atoms with Crippen molar-refractivity contribution in [2.75, 3.05) is 42.9 Å². The van der Waals surface area contributed by atoms with Crippen LogP contribution in [0.15, 0.2) is 71.9 Å². The number of aromatic nitrogens is 3. The molecule has 360 valence electrons. The largest absolute Gasteiger partial charge is 0.454 e. The van der Waals surface area contributed by atoms with E-state index < -0.39 is 42.9 Å². The maximum absolute atomic E-state index is 15.0. The molecule has 5 aromatic rings. The molecule has 3 aliphatic carbocycles. The van der Waals surface area contributed by atoms with Crippen LogP contribution in [0.1, 0.15) is 136 Å². The van der Waals surface area contributed by atoms with Crippen molar-refractivity contribution in [1.29, 1.82) is 0 Å². The van der Waals surface area contributed by atoms with Crippen LogP contribution in [0.2, 0.25) is 0 Å². The molecule has 5 aliphatic rings. The average Bonchev–Trinajstić information content (AvgIpc) is 3.93. The second kappa shape index (κ2) is 18.0. The van der Waals surface area contributed by atoms with Gasteiger partial charge in [0.15, 0.2) is 0 Å². The van der Waals surface area contributed by atoms with Crippen LogP contribution in [-0.4, -0.2) is 88.6 Å². The second-order valence-corrected chi connectivity index (χ2v) is 22.5. The first-order valence-corrected chi connectivity index (χ1v) is 25.8. The predicted molar refractivity (Wildman–Crippen MR) is 258 cm³/mol. The zero-order chi connectivity index (χ0) is 47.5. The summed E-state index contributed by atoms with van der Waals surface area (Å²) >= 11 is 0. The number of halogens is 1.